The maximum Gasteiger partial charge on any atom is 0.227 e. The third kappa shape index (κ3) is 4.32. The summed E-state index contributed by atoms with van der Waals surface area (Å²) in [6.45, 7) is 6.81. The lowest BCUT2D eigenvalue weighted by molar-refractivity contribution is -0.142. The Morgan fingerprint density at radius 2 is 2.22 bits per heavy atom. The molecule has 0 aromatic carbocycles. The van der Waals surface area contributed by atoms with E-state index in [-0.39, 0.29) is 17.7 Å². The zero-order chi connectivity index (χ0) is 17.0. The second-order valence-corrected chi connectivity index (χ2v) is 7.75. The summed E-state index contributed by atoms with van der Waals surface area (Å²) in [5, 5.41) is 15.8. The largest absolute Gasteiger partial charge is 0.341 e. The normalized spacial score (nSPS) is 19.7. The fraction of sp³-hybridized carbons (Fsp3) is 0.588. The van der Waals surface area contributed by atoms with E-state index in [0.717, 1.165) is 18.4 Å². The van der Waals surface area contributed by atoms with Gasteiger partial charge in [0.05, 0.1) is 12.0 Å². The first-order chi connectivity index (χ1) is 10.8. The summed E-state index contributed by atoms with van der Waals surface area (Å²) in [4.78, 5) is 26.7. The molecule has 6 heteroatoms. The third-order valence-electron chi connectivity index (χ3n) is 4.01. The summed E-state index contributed by atoms with van der Waals surface area (Å²) in [6.07, 6.45) is 1.57. The molecule has 1 aromatic rings. The van der Waals surface area contributed by atoms with Crippen molar-refractivity contribution in [2.24, 2.45) is 11.3 Å². The van der Waals surface area contributed by atoms with Gasteiger partial charge in [0, 0.05) is 18.5 Å². The van der Waals surface area contributed by atoms with E-state index in [1.807, 2.05) is 37.6 Å². The Balaban J connectivity index is 1.99. The van der Waals surface area contributed by atoms with Crippen LogP contribution in [0.4, 0.5) is 0 Å². The fourth-order valence-corrected chi connectivity index (χ4v) is 3.43. The average molecular weight is 333 g/mol. The fourth-order valence-electron chi connectivity index (χ4n) is 2.74. The van der Waals surface area contributed by atoms with Gasteiger partial charge < -0.3 is 10.2 Å². The molecule has 1 aliphatic rings. The van der Waals surface area contributed by atoms with Crippen LogP contribution in [-0.2, 0) is 9.59 Å². The number of carbonyl (C=O) groups is 2. The summed E-state index contributed by atoms with van der Waals surface area (Å²) < 4.78 is 0. The van der Waals surface area contributed by atoms with Gasteiger partial charge in [0.1, 0.15) is 6.04 Å². The smallest absolute Gasteiger partial charge is 0.227 e. The molecule has 0 spiro atoms. The first kappa shape index (κ1) is 17.5. The Bertz CT molecular complexity index is 598. The lowest BCUT2D eigenvalue weighted by Crippen LogP contribution is -2.49. The molecule has 0 saturated carbocycles. The predicted octanol–water partition coefficient (Wildman–Crippen LogP) is 2.71. The number of hydrogen-bond donors (Lipinski definition) is 1. The molecule has 5 nitrogen and oxygen atoms in total. The minimum atomic E-state index is -0.623. The van der Waals surface area contributed by atoms with Gasteiger partial charge in [-0.1, -0.05) is 20.8 Å². The Morgan fingerprint density at radius 3 is 2.78 bits per heavy atom. The van der Waals surface area contributed by atoms with E-state index >= 15 is 0 Å². The maximum absolute atomic E-state index is 12.5. The number of nitrogens with zero attached hydrogens (tertiary/aromatic N) is 2. The van der Waals surface area contributed by atoms with Crippen LogP contribution >= 0.6 is 11.3 Å². The van der Waals surface area contributed by atoms with Crippen LogP contribution in [0.25, 0.3) is 0 Å². The van der Waals surface area contributed by atoms with Crippen LogP contribution < -0.4 is 5.32 Å². The van der Waals surface area contributed by atoms with Crippen LogP contribution in [0.2, 0.25) is 0 Å². The number of rotatable bonds is 3. The molecule has 23 heavy (non-hydrogen) atoms. The van der Waals surface area contributed by atoms with Crippen molar-refractivity contribution >= 4 is 23.2 Å². The number of piperidine rings is 1. The third-order valence-corrected chi connectivity index (χ3v) is 4.71. The molecular weight excluding hydrogens is 310 g/mol. The lowest BCUT2D eigenvalue weighted by Gasteiger charge is -2.36. The molecule has 2 atom stereocenters. The van der Waals surface area contributed by atoms with Crippen molar-refractivity contribution < 1.29 is 9.59 Å². The first-order valence-electron chi connectivity index (χ1n) is 7.84. The van der Waals surface area contributed by atoms with Gasteiger partial charge in [0.25, 0.3) is 0 Å². The SMILES string of the molecule is CC(C)(C)C(=O)N1CCC[C@H](C(=O)N[C@H](C#N)c2ccsc2)C1. The van der Waals surface area contributed by atoms with Crippen LogP contribution in [0, 0.1) is 22.7 Å². The monoisotopic (exact) mass is 333 g/mol. The number of amides is 2. The molecule has 2 heterocycles. The number of thiophene rings is 1. The van der Waals surface area contributed by atoms with Gasteiger partial charge in [0.15, 0.2) is 0 Å². The van der Waals surface area contributed by atoms with Crippen LogP contribution in [0.15, 0.2) is 16.8 Å². The van der Waals surface area contributed by atoms with E-state index in [1.165, 1.54) is 11.3 Å². The van der Waals surface area contributed by atoms with Gasteiger partial charge in [-0.25, -0.2) is 0 Å². The second kappa shape index (κ2) is 7.14. The number of likely N-dealkylation sites (tertiary alicyclic amines) is 1. The number of nitriles is 1. The molecule has 0 radical (unpaired) electrons. The molecule has 0 unspecified atom stereocenters. The highest BCUT2D eigenvalue weighted by atomic mass is 32.1. The molecule has 1 saturated heterocycles. The van der Waals surface area contributed by atoms with Crippen molar-refractivity contribution in [2.75, 3.05) is 13.1 Å². The van der Waals surface area contributed by atoms with Crippen molar-refractivity contribution in [3.63, 3.8) is 0 Å². The van der Waals surface area contributed by atoms with Crippen LogP contribution in [-0.4, -0.2) is 29.8 Å². The van der Waals surface area contributed by atoms with Crippen LogP contribution in [0.5, 0.6) is 0 Å². The highest BCUT2D eigenvalue weighted by Gasteiger charge is 2.34. The van der Waals surface area contributed by atoms with E-state index in [9.17, 15) is 14.9 Å². The predicted molar refractivity (Wildman–Crippen MR) is 89.6 cm³/mol. The van der Waals surface area contributed by atoms with Gasteiger partial charge in [-0.05, 0) is 35.2 Å². The summed E-state index contributed by atoms with van der Waals surface area (Å²) in [5.74, 6) is -0.316. The quantitative estimate of drug-likeness (QED) is 0.924. The average Bonchev–Trinajstić information content (AvgIpc) is 3.05. The van der Waals surface area contributed by atoms with Crippen LogP contribution in [0.3, 0.4) is 0 Å². The number of carbonyl (C=O) groups excluding carboxylic acids is 2. The molecule has 1 aliphatic heterocycles. The molecule has 2 amide bonds. The van der Waals surface area contributed by atoms with Crippen molar-refractivity contribution in [1.29, 1.82) is 5.26 Å². The summed E-state index contributed by atoms with van der Waals surface area (Å²) in [5.41, 5.74) is 0.369. The van der Waals surface area contributed by atoms with E-state index in [4.69, 9.17) is 0 Å². The highest BCUT2D eigenvalue weighted by Crippen LogP contribution is 2.24. The Morgan fingerprint density at radius 1 is 1.48 bits per heavy atom. The number of hydrogen-bond acceptors (Lipinski definition) is 4. The van der Waals surface area contributed by atoms with Crippen molar-refractivity contribution in [2.45, 2.75) is 39.7 Å². The highest BCUT2D eigenvalue weighted by molar-refractivity contribution is 7.08. The van der Waals surface area contributed by atoms with Crippen LogP contribution in [0.1, 0.15) is 45.2 Å². The zero-order valence-corrected chi connectivity index (χ0v) is 14.7. The van der Waals surface area contributed by atoms with E-state index in [0.29, 0.717) is 13.1 Å². The van der Waals surface area contributed by atoms with E-state index in [1.54, 1.807) is 4.90 Å². The van der Waals surface area contributed by atoms with Crippen molar-refractivity contribution in [3.05, 3.63) is 22.4 Å². The molecule has 2 rings (SSSR count). The van der Waals surface area contributed by atoms with E-state index in [2.05, 4.69) is 11.4 Å². The molecular formula is C17H23N3O2S. The number of nitrogens with one attached hydrogen (secondary N) is 1. The minimum Gasteiger partial charge on any atom is -0.341 e. The molecule has 1 fully saturated rings. The van der Waals surface area contributed by atoms with Gasteiger partial charge >= 0.3 is 0 Å². The summed E-state index contributed by atoms with van der Waals surface area (Å²) in [7, 11) is 0. The summed E-state index contributed by atoms with van der Waals surface area (Å²) >= 11 is 1.50. The van der Waals surface area contributed by atoms with Gasteiger partial charge in [-0.3, -0.25) is 9.59 Å². The molecule has 1 N–H and O–H groups in total. The minimum absolute atomic E-state index is 0.0738. The Labute approximate surface area is 141 Å². The first-order valence-corrected chi connectivity index (χ1v) is 8.78. The second-order valence-electron chi connectivity index (χ2n) is 6.97. The standard InChI is InChI=1S/C17H23N3O2S/c1-17(2,3)16(22)20-7-4-5-12(10-20)15(21)19-14(9-18)13-6-8-23-11-13/h6,8,11-12,14H,4-5,7,10H2,1-3H3,(H,19,21)/t12-,14+/m0/s1. The molecule has 124 valence electrons. The van der Waals surface area contributed by atoms with Crippen molar-refractivity contribution in [3.8, 4) is 6.07 Å². The van der Waals surface area contributed by atoms with Gasteiger partial charge in [-0.15, -0.1) is 0 Å². The summed E-state index contributed by atoms with van der Waals surface area (Å²) in [6, 6.07) is 3.35. The van der Waals surface area contributed by atoms with Crippen molar-refractivity contribution in [1.82, 2.24) is 10.2 Å². The van der Waals surface area contributed by atoms with Gasteiger partial charge in [0.2, 0.25) is 11.8 Å². The Kier molecular flexibility index (Phi) is 5.42. The Hall–Kier alpha value is -1.87. The van der Waals surface area contributed by atoms with Gasteiger partial charge in [-0.2, -0.15) is 16.6 Å². The lowest BCUT2D eigenvalue weighted by atomic mass is 9.90. The molecule has 1 aromatic heterocycles. The molecule has 0 bridgehead atoms. The topological polar surface area (TPSA) is 73.2 Å². The zero-order valence-electron chi connectivity index (χ0n) is 13.8. The van der Waals surface area contributed by atoms with E-state index < -0.39 is 11.5 Å². The molecule has 0 aliphatic carbocycles. The maximum atomic E-state index is 12.5.